The molecule has 110 valence electrons. The van der Waals surface area contributed by atoms with Crippen LogP contribution in [-0.4, -0.2) is 19.6 Å². The van der Waals surface area contributed by atoms with Crippen molar-refractivity contribution in [3.63, 3.8) is 0 Å². The first-order valence-electron chi connectivity index (χ1n) is 7.24. The molecule has 0 radical (unpaired) electrons. The van der Waals surface area contributed by atoms with E-state index >= 15 is 0 Å². The molecule has 0 atom stereocenters. The number of hydrogen-bond donors (Lipinski definition) is 0. The molecule has 0 bridgehead atoms. The van der Waals surface area contributed by atoms with Crippen molar-refractivity contribution in [3.8, 4) is 5.75 Å². The van der Waals surface area contributed by atoms with E-state index in [-0.39, 0.29) is 5.91 Å². The van der Waals surface area contributed by atoms with Crippen LogP contribution >= 0.6 is 0 Å². The van der Waals surface area contributed by atoms with Gasteiger partial charge in [-0.05, 0) is 30.2 Å². The molecule has 0 N–H and O–H groups in total. The number of fused-ring (bicyclic) bond motifs is 2. The number of hydrogen-bond acceptors (Lipinski definition) is 3. The maximum Gasteiger partial charge on any atom is 0.294 e. The summed E-state index contributed by atoms with van der Waals surface area (Å²) in [5.74, 6) is 0.873. The molecule has 3 aromatic rings. The molecule has 0 fully saturated rings. The van der Waals surface area contributed by atoms with Crippen molar-refractivity contribution in [1.82, 2.24) is 0 Å². The number of amides is 1. The second kappa shape index (κ2) is 4.91. The molecular formula is C18H15NO3. The molecule has 0 unspecified atom stereocenters. The van der Waals surface area contributed by atoms with E-state index in [1.165, 1.54) is 5.56 Å². The number of anilines is 1. The molecule has 4 heteroatoms. The van der Waals surface area contributed by atoms with Crippen molar-refractivity contribution in [2.75, 3.05) is 18.6 Å². The summed E-state index contributed by atoms with van der Waals surface area (Å²) in [6.07, 6.45) is 0.880. The first-order chi connectivity index (χ1) is 10.8. The summed E-state index contributed by atoms with van der Waals surface area (Å²) in [6.45, 7) is 0.687. The van der Waals surface area contributed by atoms with Crippen LogP contribution < -0.4 is 9.64 Å². The zero-order chi connectivity index (χ0) is 15.1. The van der Waals surface area contributed by atoms with E-state index in [0.29, 0.717) is 23.6 Å². The third kappa shape index (κ3) is 1.88. The van der Waals surface area contributed by atoms with Gasteiger partial charge in [-0.3, -0.25) is 4.79 Å². The summed E-state index contributed by atoms with van der Waals surface area (Å²) >= 11 is 0. The smallest absolute Gasteiger partial charge is 0.294 e. The number of benzene rings is 2. The van der Waals surface area contributed by atoms with Crippen molar-refractivity contribution in [2.24, 2.45) is 0 Å². The van der Waals surface area contributed by atoms with Crippen LogP contribution in [0.4, 0.5) is 5.69 Å². The van der Waals surface area contributed by atoms with Crippen molar-refractivity contribution >= 4 is 22.6 Å². The van der Waals surface area contributed by atoms with Crippen LogP contribution in [0.5, 0.6) is 5.75 Å². The third-order valence-corrected chi connectivity index (χ3v) is 4.07. The number of carbonyl (C=O) groups excluding carboxylic acids is 1. The molecule has 2 aromatic carbocycles. The van der Waals surface area contributed by atoms with Crippen molar-refractivity contribution < 1.29 is 13.9 Å². The fraction of sp³-hybridized carbons (Fsp3) is 0.167. The molecule has 0 saturated carbocycles. The molecule has 1 amide bonds. The zero-order valence-corrected chi connectivity index (χ0v) is 12.2. The van der Waals surface area contributed by atoms with Crippen LogP contribution in [0.1, 0.15) is 16.1 Å². The van der Waals surface area contributed by atoms with E-state index in [4.69, 9.17) is 9.15 Å². The van der Waals surface area contributed by atoms with Crippen LogP contribution in [0.2, 0.25) is 0 Å². The summed E-state index contributed by atoms with van der Waals surface area (Å²) in [6, 6.07) is 15.4. The predicted molar refractivity (Wildman–Crippen MR) is 84.6 cm³/mol. The number of carbonyl (C=O) groups is 1. The Balaban J connectivity index is 1.75. The number of methoxy groups -OCH3 is 1. The van der Waals surface area contributed by atoms with E-state index in [1.54, 1.807) is 18.1 Å². The van der Waals surface area contributed by atoms with Gasteiger partial charge in [0, 0.05) is 17.6 Å². The number of furan rings is 1. The first kappa shape index (κ1) is 13.0. The Labute approximate surface area is 127 Å². The van der Waals surface area contributed by atoms with Crippen LogP contribution in [-0.2, 0) is 6.42 Å². The fourth-order valence-corrected chi connectivity index (χ4v) is 2.98. The van der Waals surface area contributed by atoms with Gasteiger partial charge < -0.3 is 14.1 Å². The molecule has 1 aromatic heterocycles. The predicted octanol–water partition coefficient (Wildman–Crippen LogP) is 3.64. The van der Waals surface area contributed by atoms with Crippen molar-refractivity contribution in [1.29, 1.82) is 0 Å². The Bertz CT molecular complexity index is 866. The number of rotatable bonds is 2. The topological polar surface area (TPSA) is 42.7 Å². The Morgan fingerprint density at radius 1 is 1.18 bits per heavy atom. The van der Waals surface area contributed by atoms with Gasteiger partial charge in [0.1, 0.15) is 0 Å². The summed E-state index contributed by atoms with van der Waals surface area (Å²) < 4.78 is 11.0. The lowest BCUT2D eigenvalue weighted by molar-refractivity contribution is 0.0965. The average Bonchev–Trinajstić information content (AvgIpc) is 3.17. The molecular weight excluding hydrogens is 278 g/mol. The number of para-hydroxylation sites is 2. The van der Waals surface area contributed by atoms with E-state index in [9.17, 15) is 4.79 Å². The SMILES string of the molecule is COc1cccc2cc(C(=O)N3CCc4ccccc43)oc12. The highest BCUT2D eigenvalue weighted by Crippen LogP contribution is 2.32. The number of ether oxygens (including phenoxy) is 1. The Morgan fingerprint density at radius 3 is 2.91 bits per heavy atom. The highest BCUT2D eigenvalue weighted by Gasteiger charge is 2.27. The van der Waals surface area contributed by atoms with Gasteiger partial charge in [0.05, 0.1) is 7.11 Å². The first-order valence-corrected chi connectivity index (χ1v) is 7.24. The molecule has 4 nitrogen and oxygen atoms in total. The second-order valence-corrected chi connectivity index (χ2v) is 5.32. The Morgan fingerprint density at radius 2 is 2.05 bits per heavy atom. The normalized spacial score (nSPS) is 13.4. The van der Waals surface area contributed by atoms with Gasteiger partial charge in [-0.15, -0.1) is 0 Å². The molecule has 0 spiro atoms. The minimum Gasteiger partial charge on any atom is -0.493 e. The largest absolute Gasteiger partial charge is 0.493 e. The maximum atomic E-state index is 12.8. The summed E-state index contributed by atoms with van der Waals surface area (Å²) in [5.41, 5.74) is 2.78. The molecule has 1 aliphatic rings. The van der Waals surface area contributed by atoms with Gasteiger partial charge in [0.15, 0.2) is 17.1 Å². The lowest BCUT2D eigenvalue weighted by Crippen LogP contribution is -2.28. The second-order valence-electron chi connectivity index (χ2n) is 5.32. The van der Waals surface area contributed by atoms with E-state index < -0.39 is 0 Å². The molecule has 22 heavy (non-hydrogen) atoms. The highest BCUT2D eigenvalue weighted by molar-refractivity contribution is 6.07. The molecule has 0 aliphatic carbocycles. The molecule has 2 heterocycles. The van der Waals surface area contributed by atoms with Crippen LogP contribution in [0.3, 0.4) is 0 Å². The quantitative estimate of drug-likeness (QED) is 0.724. The standard InChI is InChI=1S/C18H15NO3/c1-21-15-8-4-6-13-11-16(22-17(13)15)18(20)19-10-9-12-5-2-3-7-14(12)19/h2-8,11H,9-10H2,1H3. The fourth-order valence-electron chi connectivity index (χ4n) is 2.98. The van der Waals surface area contributed by atoms with Crippen LogP contribution in [0.15, 0.2) is 52.9 Å². The van der Waals surface area contributed by atoms with Crippen molar-refractivity contribution in [3.05, 3.63) is 59.9 Å². The molecule has 1 aliphatic heterocycles. The number of nitrogens with zero attached hydrogens (tertiary/aromatic N) is 1. The van der Waals surface area contributed by atoms with E-state index in [0.717, 1.165) is 17.5 Å². The monoisotopic (exact) mass is 293 g/mol. The van der Waals surface area contributed by atoms with Gasteiger partial charge in [-0.2, -0.15) is 0 Å². The molecule has 4 rings (SSSR count). The van der Waals surface area contributed by atoms with Gasteiger partial charge in [-0.1, -0.05) is 30.3 Å². The molecule has 0 saturated heterocycles. The minimum atomic E-state index is -0.108. The Hall–Kier alpha value is -2.75. The van der Waals surface area contributed by atoms with Crippen molar-refractivity contribution in [2.45, 2.75) is 6.42 Å². The lowest BCUT2D eigenvalue weighted by atomic mass is 10.2. The van der Waals surface area contributed by atoms with Gasteiger partial charge in [0.2, 0.25) is 0 Å². The summed E-state index contributed by atoms with van der Waals surface area (Å²) in [4.78, 5) is 14.5. The van der Waals surface area contributed by atoms with Gasteiger partial charge >= 0.3 is 0 Å². The minimum absolute atomic E-state index is 0.108. The highest BCUT2D eigenvalue weighted by atomic mass is 16.5. The van der Waals surface area contributed by atoms with Gasteiger partial charge in [0.25, 0.3) is 5.91 Å². The van der Waals surface area contributed by atoms with Gasteiger partial charge in [-0.25, -0.2) is 0 Å². The van der Waals surface area contributed by atoms with Crippen LogP contribution in [0, 0.1) is 0 Å². The maximum absolute atomic E-state index is 12.8. The average molecular weight is 293 g/mol. The van der Waals surface area contributed by atoms with E-state index in [1.807, 2.05) is 36.4 Å². The summed E-state index contributed by atoms with van der Waals surface area (Å²) in [5, 5.41) is 0.871. The van der Waals surface area contributed by atoms with E-state index in [2.05, 4.69) is 6.07 Å². The Kier molecular flexibility index (Phi) is 2.89. The zero-order valence-electron chi connectivity index (χ0n) is 12.2. The third-order valence-electron chi connectivity index (χ3n) is 4.07. The van der Waals surface area contributed by atoms with Crippen LogP contribution in [0.25, 0.3) is 11.0 Å². The summed E-state index contributed by atoms with van der Waals surface area (Å²) in [7, 11) is 1.59. The lowest BCUT2D eigenvalue weighted by Gasteiger charge is -2.15.